The minimum absolute atomic E-state index is 0.782. The van der Waals surface area contributed by atoms with E-state index in [2.05, 4.69) is 56.8 Å². The number of nitrogens with one attached hydrogen (secondary N) is 1. The fourth-order valence-corrected chi connectivity index (χ4v) is 3.49. The Morgan fingerprint density at radius 1 is 1.04 bits per heavy atom. The molecule has 5 nitrogen and oxygen atoms in total. The summed E-state index contributed by atoms with van der Waals surface area (Å²) in [6.45, 7) is 3.49. The van der Waals surface area contributed by atoms with Gasteiger partial charge < -0.3 is 9.64 Å². The van der Waals surface area contributed by atoms with Crippen LogP contribution in [0, 0.1) is 0 Å². The van der Waals surface area contributed by atoms with E-state index >= 15 is 0 Å². The normalized spacial score (nSPS) is 14.7. The van der Waals surface area contributed by atoms with E-state index in [-0.39, 0.29) is 0 Å². The largest absolute Gasteiger partial charge is 0.378 e. The zero-order valence-corrected chi connectivity index (χ0v) is 15.2. The van der Waals surface area contributed by atoms with Gasteiger partial charge in [0.2, 0.25) is 5.13 Å². The molecule has 2 heterocycles. The highest BCUT2D eigenvalue weighted by Crippen LogP contribution is 2.24. The molecule has 4 rings (SSSR count). The molecule has 1 aromatic heterocycles. The van der Waals surface area contributed by atoms with Crippen molar-refractivity contribution >= 4 is 28.4 Å². The highest BCUT2D eigenvalue weighted by molar-refractivity contribution is 7.14. The van der Waals surface area contributed by atoms with Crippen LogP contribution in [0.2, 0.25) is 0 Å². The maximum Gasteiger partial charge on any atom is 0.203 e. The molecular weight excluding hydrogens is 344 g/mol. The summed E-state index contributed by atoms with van der Waals surface area (Å²) < 4.78 is 5.39. The number of morpholine rings is 1. The van der Waals surface area contributed by atoms with Crippen molar-refractivity contribution in [1.29, 1.82) is 0 Å². The fraction of sp³-hybridized carbons (Fsp3) is 0.200. The number of aromatic nitrogens is 1. The average Bonchev–Trinajstić information content (AvgIpc) is 3.19. The molecule has 0 saturated carbocycles. The Balaban J connectivity index is 1.36. The van der Waals surface area contributed by atoms with Gasteiger partial charge in [-0.05, 0) is 17.7 Å². The van der Waals surface area contributed by atoms with Crippen LogP contribution < -0.4 is 10.3 Å². The van der Waals surface area contributed by atoms with Crippen LogP contribution in [0.4, 0.5) is 10.8 Å². The lowest BCUT2D eigenvalue weighted by Crippen LogP contribution is -2.36. The minimum atomic E-state index is 0.782. The molecule has 0 unspecified atom stereocenters. The molecule has 0 spiro atoms. The summed E-state index contributed by atoms with van der Waals surface area (Å²) in [6.07, 6.45) is 1.81. The summed E-state index contributed by atoms with van der Waals surface area (Å²) >= 11 is 1.55. The van der Waals surface area contributed by atoms with Crippen molar-refractivity contribution < 1.29 is 4.74 Å². The van der Waals surface area contributed by atoms with Crippen LogP contribution in [0.5, 0.6) is 0 Å². The maximum atomic E-state index is 5.39. The zero-order valence-electron chi connectivity index (χ0n) is 14.3. The third-order valence-electron chi connectivity index (χ3n) is 4.22. The highest BCUT2D eigenvalue weighted by atomic mass is 32.1. The second-order valence-corrected chi connectivity index (χ2v) is 6.82. The van der Waals surface area contributed by atoms with Crippen LogP contribution in [-0.2, 0) is 4.74 Å². The second-order valence-electron chi connectivity index (χ2n) is 5.96. The van der Waals surface area contributed by atoms with E-state index in [0.29, 0.717) is 0 Å². The van der Waals surface area contributed by atoms with Crippen LogP contribution in [0.25, 0.3) is 11.3 Å². The molecule has 0 amide bonds. The number of rotatable bonds is 5. The van der Waals surface area contributed by atoms with Gasteiger partial charge in [0, 0.05) is 29.7 Å². The molecule has 1 saturated heterocycles. The number of benzene rings is 2. The first kappa shape index (κ1) is 16.8. The molecule has 1 aliphatic heterocycles. The van der Waals surface area contributed by atoms with Crippen LogP contribution in [-0.4, -0.2) is 37.5 Å². The molecule has 0 radical (unpaired) electrons. The van der Waals surface area contributed by atoms with E-state index in [0.717, 1.165) is 48.3 Å². The quantitative estimate of drug-likeness (QED) is 0.547. The van der Waals surface area contributed by atoms with Gasteiger partial charge in [-0.2, -0.15) is 5.10 Å². The van der Waals surface area contributed by atoms with E-state index in [9.17, 15) is 0 Å². The van der Waals surface area contributed by atoms with Gasteiger partial charge in [0.15, 0.2) is 0 Å². The number of hydrazone groups is 1. The van der Waals surface area contributed by atoms with Crippen molar-refractivity contribution in [3.63, 3.8) is 0 Å². The van der Waals surface area contributed by atoms with Crippen molar-refractivity contribution in [2.45, 2.75) is 0 Å². The van der Waals surface area contributed by atoms with Crippen LogP contribution in [0.15, 0.2) is 65.1 Å². The van der Waals surface area contributed by atoms with Gasteiger partial charge in [-0.1, -0.05) is 42.5 Å². The lowest BCUT2D eigenvalue weighted by atomic mass is 10.2. The van der Waals surface area contributed by atoms with Crippen LogP contribution in [0.1, 0.15) is 5.56 Å². The summed E-state index contributed by atoms with van der Waals surface area (Å²) in [6, 6.07) is 18.6. The van der Waals surface area contributed by atoms with Gasteiger partial charge in [0.1, 0.15) is 0 Å². The molecule has 2 aromatic carbocycles. The third-order valence-corrected chi connectivity index (χ3v) is 4.96. The molecular formula is C20H20N4OS. The Bertz CT molecular complexity index is 855. The third kappa shape index (κ3) is 4.09. The SMILES string of the molecule is C(=NNc1nc(-c2ccccc2)cs1)c1ccc(N2CCOCC2)cc1. The first-order valence-electron chi connectivity index (χ1n) is 8.61. The monoisotopic (exact) mass is 364 g/mol. The first-order valence-corrected chi connectivity index (χ1v) is 9.49. The van der Waals surface area contributed by atoms with Crippen molar-refractivity contribution in [2.75, 3.05) is 36.6 Å². The zero-order chi connectivity index (χ0) is 17.6. The molecule has 3 aromatic rings. The number of nitrogens with zero attached hydrogens (tertiary/aromatic N) is 3. The Labute approximate surface area is 157 Å². The number of hydrogen-bond donors (Lipinski definition) is 1. The molecule has 6 heteroatoms. The van der Waals surface area contributed by atoms with Crippen molar-refractivity contribution in [1.82, 2.24) is 4.98 Å². The number of ether oxygens (including phenoxy) is 1. The first-order chi connectivity index (χ1) is 12.9. The Kier molecular flexibility index (Phi) is 5.23. The van der Waals surface area contributed by atoms with Crippen molar-refractivity contribution in [3.05, 3.63) is 65.5 Å². The topological polar surface area (TPSA) is 49.8 Å². The number of thiazole rings is 1. The summed E-state index contributed by atoms with van der Waals surface area (Å²) in [5.41, 5.74) is 7.36. The molecule has 1 N–H and O–H groups in total. The van der Waals surface area contributed by atoms with Gasteiger partial charge in [-0.3, -0.25) is 5.43 Å². The van der Waals surface area contributed by atoms with Gasteiger partial charge in [-0.25, -0.2) is 4.98 Å². The maximum absolute atomic E-state index is 5.39. The van der Waals surface area contributed by atoms with Crippen molar-refractivity contribution in [2.24, 2.45) is 5.10 Å². The highest BCUT2D eigenvalue weighted by Gasteiger charge is 2.10. The fourth-order valence-electron chi connectivity index (χ4n) is 2.82. The summed E-state index contributed by atoms with van der Waals surface area (Å²) in [4.78, 5) is 6.90. The number of anilines is 2. The minimum Gasteiger partial charge on any atom is -0.378 e. The van der Waals surface area contributed by atoms with Gasteiger partial charge in [0.05, 0.1) is 25.1 Å². The predicted octanol–water partition coefficient (Wildman–Crippen LogP) is 4.09. The second kappa shape index (κ2) is 8.12. The molecule has 1 aliphatic rings. The summed E-state index contributed by atoms with van der Waals surface area (Å²) in [5, 5.41) is 7.11. The lowest BCUT2D eigenvalue weighted by molar-refractivity contribution is 0.122. The smallest absolute Gasteiger partial charge is 0.203 e. The molecule has 0 atom stereocenters. The Morgan fingerprint density at radius 3 is 2.58 bits per heavy atom. The summed E-state index contributed by atoms with van der Waals surface area (Å²) in [7, 11) is 0. The Morgan fingerprint density at radius 2 is 1.81 bits per heavy atom. The van der Waals surface area contributed by atoms with Crippen LogP contribution in [0.3, 0.4) is 0 Å². The average molecular weight is 364 g/mol. The predicted molar refractivity (Wildman–Crippen MR) is 108 cm³/mol. The van der Waals surface area contributed by atoms with E-state index in [1.165, 1.54) is 5.69 Å². The molecule has 132 valence electrons. The van der Waals surface area contributed by atoms with Crippen molar-refractivity contribution in [3.8, 4) is 11.3 Å². The molecule has 0 aliphatic carbocycles. The van der Waals surface area contributed by atoms with E-state index < -0.39 is 0 Å². The Hall–Kier alpha value is -2.70. The van der Waals surface area contributed by atoms with E-state index in [1.807, 2.05) is 29.8 Å². The summed E-state index contributed by atoms with van der Waals surface area (Å²) in [5.74, 6) is 0. The molecule has 0 bridgehead atoms. The van der Waals surface area contributed by atoms with E-state index in [1.54, 1.807) is 11.3 Å². The van der Waals surface area contributed by atoms with Gasteiger partial charge in [0.25, 0.3) is 0 Å². The number of hydrogen-bond acceptors (Lipinski definition) is 6. The van der Waals surface area contributed by atoms with Gasteiger partial charge in [-0.15, -0.1) is 11.3 Å². The molecule has 1 fully saturated rings. The molecule has 26 heavy (non-hydrogen) atoms. The van der Waals surface area contributed by atoms with Crippen LogP contribution >= 0.6 is 11.3 Å². The van der Waals surface area contributed by atoms with E-state index in [4.69, 9.17) is 4.74 Å². The van der Waals surface area contributed by atoms with Gasteiger partial charge >= 0.3 is 0 Å². The standard InChI is InChI=1S/C20H20N4OS/c1-2-4-17(5-3-1)19-15-26-20(22-19)23-21-14-16-6-8-18(9-7-16)24-10-12-25-13-11-24/h1-9,14-15H,10-13H2,(H,22,23). The lowest BCUT2D eigenvalue weighted by Gasteiger charge is -2.28.